The van der Waals surface area contributed by atoms with Crippen molar-refractivity contribution in [3.05, 3.63) is 42.5 Å². The second-order valence-corrected chi connectivity index (χ2v) is 12.9. The molecule has 0 atom stereocenters. The van der Waals surface area contributed by atoms with E-state index in [1.54, 1.807) is 19.9 Å². The maximum atomic E-state index is 13.3. The van der Waals surface area contributed by atoms with Crippen LogP contribution in [0.25, 0.3) is 11.4 Å². The lowest BCUT2D eigenvalue weighted by Crippen LogP contribution is -2.37. The molecule has 5 rings (SSSR count). The van der Waals surface area contributed by atoms with Gasteiger partial charge in [-0.15, -0.1) is 0 Å². The number of carbonyl (C=O) groups excluding carboxylic acids is 1. The number of anilines is 3. The summed E-state index contributed by atoms with van der Waals surface area (Å²) in [6, 6.07) is 2.99. The van der Waals surface area contributed by atoms with Crippen LogP contribution in [0, 0.1) is 5.92 Å². The number of aliphatic hydroxyl groups is 1. The largest absolute Gasteiger partial charge is 0.390 e. The van der Waals surface area contributed by atoms with Gasteiger partial charge < -0.3 is 15.7 Å². The molecule has 3 aromatic heterocycles. The van der Waals surface area contributed by atoms with Crippen LogP contribution < -0.4 is 10.6 Å². The van der Waals surface area contributed by atoms with E-state index in [0.29, 0.717) is 37.1 Å². The van der Waals surface area contributed by atoms with Crippen molar-refractivity contribution < 1.29 is 27.1 Å². The zero-order valence-corrected chi connectivity index (χ0v) is 22.9. The number of halogens is 2. The molecule has 0 unspecified atom stereocenters. The Hall–Kier alpha value is -3.52. The summed E-state index contributed by atoms with van der Waals surface area (Å²) >= 11 is 0. The van der Waals surface area contributed by atoms with Gasteiger partial charge >= 0.3 is 6.43 Å². The third-order valence-electron chi connectivity index (χ3n) is 7.39. The van der Waals surface area contributed by atoms with E-state index in [4.69, 9.17) is 0 Å². The molecule has 2 aliphatic rings. The fourth-order valence-electron chi connectivity index (χ4n) is 4.90. The van der Waals surface area contributed by atoms with Gasteiger partial charge in [0.05, 0.1) is 40.1 Å². The van der Waals surface area contributed by atoms with Crippen molar-refractivity contribution in [1.29, 1.82) is 0 Å². The highest BCUT2D eigenvalue weighted by atomic mass is 32.2. The molecule has 0 saturated heterocycles. The highest BCUT2D eigenvalue weighted by Gasteiger charge is 2.38. The van der Waals surface area contributed by atoms with E-state index in [2.05, 4.69) is 30.7 Å². The molecular formula is C26H31F2N7O4S. The lowest BCUT2D eigenvalue weighted by Gasteiger charge is -2.36. The Bertz CT molecular complexity index is 1490. The van der Waals surface area contributed by atoms with E-state index < -0.39 is 33.1 Å². The van der Waals surface area contributed by atoms with Gasteiger partial charge in [0.25, 0.3) is 10.0 Å². The predicted octanol–water partition coefficient (Wildman–Crippen LogP) is 4.01. The zero-order chi connectivity index (χ0) is 28.7. The Labute approximate surface area is 230 Å². The van der Waals surface area contributed by atoms with Gasteiger partial charge in [-0.3, -0.25) is 4.79 Å². The molecule has 0 amide bonds. The molecule has 0 aromatic carbocycles. The van der Waals surface area contributed by atoms with Gasteiger partial charge in [-0.25, -0.2) is 32.2 Å². The van der Waals surface area contributed by atoms with Gasteiger partial charge in [0.2, 0.25) is 5.78 Å². The van der Waals surface area contributed by atoms with Crippen LogP contribution in [-0.4, -0.2) is 66.8 Å². The zero-order valence-electron chi connectivity index (χ0n) is 22.1. The minimum atomic E-state index is -3.53. The molecular weight excluding hydrogens is 544 g/mol. The van der Waals surface area contributed by atoms with Crippen LogP contribution in [0.15, 0.2) is 36.9 Å². The summed E-state index contributed by atoms with van der Waals surface area (Å²) in [6.07, 6.45) is 6.31. The van der Waals surface area contributed by atoms with E-state index >= 15 is 0 Å². The van der Waals surface area contributed by atoms with Gasteiger partial charge in [0, 0.05) is 24.5 Å². The van der Waals surface area contributed by atoms with E-state index in [1.165, 1.54) is 24.7 Å². The molecule has 2 saturated carbocycles. The third kappa shape index (κ3) is 6.12. The van der Waals surface area contributed by atoms with Crippen LogP contribution in [0.3, 0.4) is 0 Å². The van der Waals surface area contributed by atoms with Gasteiger partial charge in [-0.05, 0) is 64.4 Å². The normalized spacial score (nSPS) is 19.9. The monoisotopic (exact) mass is 575 g/mol. The van der Waals surface area contributed by atoms with Crippen LogP contribution in [0.5, 0.6) is 0 Å². The first-order chi connectivity index (χ1) is 18.9. The maximum absolute atomic E-state index is 13.3. The maximum Gasteiger partial charge on any atom is 0.300 e. The molecule has 14 heteroatoms. The lowest BCUT2D eigenvalue weighted by atomic mass is 9.77. The number of nitrogens with one attached hydrogen (secondary N) is 2. The molecule has 0 spiro atoms. The smallest absolute Gasteiger partial charge is 0.300 e. The standard InChI is InChI=1S/C26H31F2N7O4S/c1-26(2,37)16-3-5-17(6-4-16)32-20-11-22(30-13-19(20)23(36)24(27)28)33-21-9-10-29-25(34-21)15-12-31-35(14-15)40(38,39)18-7-8-18/h9-14,16-18,24,37H,3-8H2,1-2H3,(H2,29,30,32,33,34). The fraction of sp³-hybridized carbons (Fsp3) is 0.500. The van der Waals surface area contributed by atoms with Gasteiger partial charge in [0.15, 0.2) is 5.82 Å². The fourth-order valence-corrected chi connectivity index (χ4v) is 6.37. The highest BCUT2D eigenvalue weighted by molar-refractivity contribution is 7.90. The Kier molecular flexibility index (Phi) is 7.57. The van der Waals surface area contributed by atoms with Crippen LogP contribution in [0.2, 0.25) is 0 Å². The van der Waals surface area contributed by atoms with Crippen molar-refractivity contribution in [3.8, 4) is 11.4 Å². The average molecular weight is 576 g/mol. The van der Waals surface area contributed by atoms with Crippen LogP contribution in [0.1, 0.15) is 62.7 Å². The van der Waals surface area contributed by atoms with Crippen LogP contribution >= 0.6 is 0 Å². The summed E-state index contributed by atoms with van der Waals surface area (Å²) in [5.41, 5.74) is -0.369. The first-order valence-electron chi connectivity index (χ1n) is 13.1. The average Bonchev–Trinajstić information content (AvgIpc) is 3.65. The summed E-state index contributed by atoms with van der Waals surface area (Å²) in [7, 11) is -3.53. The van der Waals surface area contributed by atoms with Crippen molar-refractivity contribution in [2.24, 2.45) is 5.92 Å². The van der Waals surface area contributed by atoms with Gasteiger partial charge in [0.1, 0.15) is 11.6 Å². The molecule has 40 heavy (non-hydrogen) atoms. The predicted molar refractivity (Wildman–Crippen MR) is 144 cm³/mol. The van der Waals surface area contributed by atoms with Crippen LogP contribution in [-0.2, 0) is 10.0 Å². The van der Waals surface area contributed by atoms with E-state index in [0.717, 1.165) is 23.1 Å². The van der Waals surface area contributed by atoms with Crippen molar-refractivity contribution in [2.75, 3.05) is 10.6 Å². The lowest BCUT2D eigenvalue weighted by molar-refractivity contribution is -0.000395. The Morgan fingerprint density at radius 2 is 1.82 bits per heavy atom. The third-order valence-corrected chi connectivity index (χ3v) is 9.42. The molecule has 3 aromatic rings. The van der Waals surface area contributed by atoms with E-state index in [-0.39, 0.29) is 34.9 Å². The summed E-state index contributed by atoms with van der Waals surface area (Å²) in [6.45, 7) is 3.57. The number of ketones is 1. The molecule has 0 radical (unpaired) electrons. The quantitative estimate of drug-likeness (QED) is 0.302. The molecule has 2 fully saturated rings. The Balaban J connectivity index is 1.35. The van der Waals surface area contributed by atoms with Crippen molar-refractivity contribution in [1.82, 2.24) is 24.1 Å². The van der Waals surface area contributed by atoms with Crippen molar-refractivity contribution >= 4 is 33.1 Å². The number of carbonyl (C=O) groups is 1. The number of hydrogen-bond donors (Lipinski definition) is 3. The van der Waals surface area contributed by atoms with Crippen molar-refractivity contribution in [3.63, 3.8) is 0 Å². The first kappa shape index (κ1) is 28.0. The number of Topliss-reactive ketones (excluding diaryl/α,β-unsaturated/α-hetero) is 1. The van der Waals surface area contributed by atoms with E-state index in [9.17, 15) is 27.1 Å². The van der Waals surface area contributed by atoms with Crippen LogP contribution in [0.4, 0.5) is 26.1 Å². The molecule has 3 N–H and O–H groups in total. The molecule has 2 aliphatic carbocycles. The topological polar surface area (TPSA) is 152 Å². The summed E-state index contributed by atoms with van der Waals surface area (Å²) < 4.78 is 52.5. The number of nitrogens with zero attached hydrogens (tertiary/aromatic N) is 5. The minimum absolute atomic E-state index is 0.0628. The molecule has 0 bridgehead atoms. The molecule has 3 heterocycles. The highest BCUT2D eigenvalue weighted by Crippen LogP contribution is 2.35. The van der Waals surface area contributed by atoms with Crippen molar-refractivity contribution in [2.45, 2.75) is 75.7 Å². The minimum Gasteiger partial charge on any atom is -0.390 e. The van der Waals surface area contributed by atoms with E-state index in [1.807, 2.05) is 0 Å². The summed E-state index contributed by atoms with van der Waals surface area (Å²) in [5, 5.41) is 20.1. The number of rotatable bonds is 10. The number of aromatic nitrogens is 5. The van der Waals surface area contributed by atoms with Gasteiger partial charge in [-0.2, -0.15) is 9.19 Å². The number of hydrogen-bond acceptors (Lipinski definition) is 10. The first-order valence-corrected chi connectivity index (χ1v) is 14.6. The Morgan fingerprint density at radius 1 is 1.10 bits per heavy atom. The Morgan fingerprint density at radius 3 is 2.48 bits per heavy atom. The van der Waals surface area contributed by atoms with Gasteiger partial charge in [-0.1, -0.05) is 0 Å². The molecule has 0 aliphatic heterocycles. The second kappa shape index (κ2) is 10.8. The summed E-state index contributed by atoms with van der Waals surface area (Å²) in [4.78, 5) is 25.0. The molecule has 11 nitrogen and oxygen atoms in total. The SMILES string of the molecule is CC(C)(O)C1CCC(Nc2cc(Nc3ccnc(-c4cnn(S(=O)(=O)C5CC5)c4)n3)ncc2C(=O)C(F)F)CC1. The number of alkyl halides is 2. The molecule has 214 valence electrons. The summed E-state index contributed by atoms with van der Waals surface area (Å²) in [5.74, 6) is -0.381. The number of pyridine rings is 1. The second-order valence-electron chi connectivity index (χ2n) is 10.9.